The smallest absolute Gasteiger partial charge is 0.00203 e. The van der Waals surface area contributed by atoms with E-state index in [1.165, 1.54) is 11.1 Å². The molecule has 88 valence electrons. The second-order valence-electron chi connectivity index (χ2n) is 4.36. The zero-order chi connectivity index (χ0) is 11.9. The summed E-state index contributed by atoms with van der Waals surface area (Å²) in [6, 6.07) is 21.4. The van der Waals surface area contributed by atoms with E-state index in [2.05, 4.69) is 66.0 Å². The summed E-state index contributed by atoms with van der Waals surface area (Å²) in [5.74, 6) is 0.545. The molecule has 0 amide bonds. The van der Waals surface area contributed by atoms with E-state index < -0.39 is 0 Å². The fourth-order valence-corrected chi connectivity index (χ4v) is 2.18. The normalized spacial score (nSPS) is 12.3. The monoisotopic (exact) mass is 225 g/mol. The standard InChI is InChI=1S/C16H19N/c1-17-13-16(15-10-6-3-7-11-15)12-14-8-4-2-5-9-14/h2-11,16-17H,12-13H2,1H3/t16-/m0/s1. The first-order chi connectivity index (χ1) is 8.40. The Hall–Kier alpha value is -1.60. The highest BCUT2D eigenvalue weighted by Gasteiger charge is 2.10. The Morgan fingerprint density at radius 1 is 0.882 bits per heavy atom. The highest BCUT2D eigenvalue weighted by molar-refractivity contribution is 5.24. The molecule has 0 fully saturated rings. The van der Waals surface area contributed by atoms with E-state index in [0.717, 1.165) is 13.0 Å². The summed E-state index contributed by atoms with van der Waals surface area (Å²) in [6.07, 6.45) is 1.09. The largest absolute Gasteiger partial charge is 0.319 e. The van der Waals surface area contributed by atoms with Gasteiger partial charge < -0.3 is 5.32 Å². The van der Waals surface area contributed by atoms with Crippen LogP contribution in [0.5, 0.6) is 0 Å². The van der Waals surface area contributed by atoms with E-state index in [1.54, 1.807) is 0 Å². The molecule has 0 aliphatic carbocycles. The minimum absolute atomic E-state index is 0.545. The summed E-state index contributed by atoms with van der Waals surface area (Å²) in [6.45, 7) is 1.01. The van der Waals surface area contributed by atoms with Gasteiger partial charge in [-0.25, -0.2) is 0 Å². The first-order valence-electron chi connectivity index (χ1n) is 6.13. The van der Waals surface area contributed by atoms with Gasteiger partial charge in [0, 0.05) is 12.5 Å². The molecule has 2 aromatic rings. The molecule has 1 N–H and O–H groups in total. The lowest BCUT2D eigenvalue weighted by molar-refractivity contribution is 0.626. The zero-order valence-electron chi connectivity index (χ0n) is 10.3. The number of hydrogen-bond acceptors (Lipinski definition) is 1. The van der Waals surface area contributed by atoms with Gasteiger partial charge in [-0.05, 0) is 24.6 Å². The van der Waals surface area contributed by atoms with Crippen molar-refractivity contribution in [2.75, 3.05) is 13.6 Å². The average Bonchev–Trinajstić information content (AvgIpc) is 2.40. The lowest BCUT2D eigenvalue weighted by Gasteiger charge is -2.17. The molecule has 0 unspecified atom stereocenters. The summed E-state index contributed by atoms with van der Waals surface area (Å²) in [7, 11) is 2.01. The van der Waals surface area contributed by atoms with Crippen LogP contribution < -0.4 is 5.32 Å². The van der Waals surface area contributed by atoms with Gasteiger partial charge in [-0.15, -0.1) is 0 Å². The maximum absolute atomic E-state index is 3.29. The molecule has 0 heterocycles. The van der Waals surface area contributed by atoms with Crippen LogP contribution in [0.1, 0.15) is 17.0 Å². The van der Waals surface area contributed by atoms with Crippen LogP contribution in [0.25, 0.3) is 0 Å². The highest BCUT2D eigenvalue weighted by atomic mass is 14.8. The predicted molar refractivity (Wildman–Crippen MR) is 73.3 cm³/mol. The number of likely N-dealkylation sites (N-methyl/N-ethyl adjacent to an activating group) is 1. The summed E-state index contributed by atoms with van der Waals surface area (Å²) >= 11 is 0. The van der Waals surface area contributed by atoms with Gasteiger partial charge >= 0.3 is 0 Å². The fraction of sp³-hybridized carbons (Fsp3) is 0.250. The number of hydrogen-bond donors (Lipinski definition) is 1. The van der Waals surface area contributed by atoms with Crippen molar-refractivity contribution in [2.24, 2.45) is 0 Å². The molecule has 0 aliphatic heterocycles. The molecule has 17 heavy (non-hydrogen) atoms. The maximum Gasteiger partial charge on any atom is 0.00203 e. The molecule has 1 nitrogen and oxygen atoms in total. The average molecular weight is 225 g/mol. The van der Waals surface area contributed by atoms with Crippen LogP contribution in [0.4, 0.5) is 0 Å². The molecular formula is C16H19N. The molecule has 0 aliphatic rings. The van der Waals surface area contributed by atoms with Gasteiger partial charge in [-0.2, -0.15) is 0 Å². The molecule has 0 saturated heterocycles. The number of nitrogens with one attached hydrogen (secondary N) is 1. The minimum Gasteiger partial charge on any atom is -0.319 e. The van der Waals surface area contributed by atoms with Gasteiger partial charge in [0.2, 0.25) is 0 Å². The van der Waals surface area contributed by atoms with E-state index in [1.807, 2.05) is 7.05 Å². The Labute approximate surface area is 103 Å². The van der Waals surface area contributed by atoms with Crippen LogP contribution in [-0.4, -0.2) is 13.6 Å². The summed E-state index contributed by atoms with van der Waals surface area (Å²) in [4.78, 5) is 0. The van der Waals surface area contributed by atoms with Crippen LogP contribution in [0.15, 0.2) is 60.7 Å². The van der Waals surface area contributed by atoms with E-state index in [-0.39, 0.29) is 0 Å². The first kappa shape index (κ1) is 11.9. The van der Waals surface area contributed by atoms with E-state index >= 15 is 0 Å². The Balaban J connectivity index is 2.13. The zero-order valence-corrected chi connectivity index (χ0v) is 10.3. The SMILES string of the molecule is CNC[C@H](Cc1ccccc1)c1ccccc1. The van der Waals surface area contributed by atoms with Gasteiger partial charge in [0.05, 0.1) is 0 Å². The van der Waals surface area contributed by atoms with E-state index in [9.17, 15) is 0 Å². The third-order valence-corrected chi connectivity index (χ3v) is 3.05. The van der Waals surface area contributed by atoms with Crippen molar-refractivity contribution in [2.45, 2.75) is 12.3 Å². The van der Waals surface area contributed by atoms with Crippen LogP contribution in [0.2, 0.25) is 0 Å². The van der Waals surface area contributed by atoms with Gasteiger partial charge in [-0.3, -0.25) is 0 Å². The van der Waals surface area contributed by atoms with E-state index in [0.29, 0.717) is 5.92 Å². The Bertz CT molecular complexity index is 422. The lowest BCUT2D eigenvalue weighted by Crippen LogP contribution is -2.19. The maximum atomic E-state index is 3.29. The molecule has 1 atom stereocenters. The Morgan fingerprint density at radius 3 is 2.06 bits per heavy atom. The Kier molecular flexibility index (Phi) is 4.34. The highest BCUT2D eigenvalue weighted by Crippen LogP contribution is 2.19. The van der Waals surface area contributed by atoms with Crippen molar-refractivity contribution in [3.63, 3.8) is 0 Å². The summed E-state index contributed by atoms with van der Waals surface area (Å²) in [5, 5.41) is 3.29. The van der Waals surface area contributed by atoms with Crippen LogP contribution in [0, 0.1) is 0 Å². The molecular weight excluding hydrogens is 206 g/mol. The third-order valence-electron chi connectivity index (χ3n) is 3.05. The third kappa shape index (κ3) is 3.43. The van der Waals surface area contributed by atoms with Gasteiger partial charge in [-0.1, -0.05) is 60.7 Å². The van der Waals surface area contributed by atoms with Crippen molar-refractivity contribution >= 4 is 0 Å². The molecule has 0 spiro atoms. The van der Waals surface area contributed by atoms with Crippen molar-refractivity contribution in [3.8, 4) is 0 Å². The Morgan fingerprint density at radius 2 is 1.47 bits per heavy atom. The topological polar surface area (TPSA) is 12.0 Å². The van der Waals surface area contributed by atoms with Crippen molar-refractivity contribution in [3.05, 3.63) is 71.8 Å². The van der Waals surface area contributed by atoms with Crippen molar-refractivity contribution in [1.82, 2.24) is 5.32 Å². The van der Waals surface area contributed by atoms with Crippen LogP contribution in [0.3, 0.4) is 0 Å². The molecule has 2 rings (SSSR count). The first-order valence-corrected chi connectivity index (χ1v) is 6.13. The minimum atomic E-state index is 0.545. The van der Waals surface area contributed by atoms with E-state index in [4.69, 9.17) is 0 Å². The van der Waals surface area contributed by atoms with Gasteiger partial charge in [0.15, 0.2) is 0 Å². The summed E-state index contributed by atoms with van der Waals surface area (Å²) < 4.78 is 0. The lowest BCUT2D eigenvalue weighted by atomic mass is 9.92. The number of benzene rings is 2. The summed E-state index contributed by atoms with van der Waals surface area (Å²) in [5.41, 5.74) is 2.81. The van der Waals surface area contributed by atoms with Gasteiger partial charge in [0.1, 0.15) is 0 Å². The fourth-order valence-electron chi connectivity index (χ4n) is 2.18. The van der Waals surface area contributed by atoms with Crippen molar-refractivity contribution < 1.29 is 0 Å². The number of rotatable bonds is 5. The van der Waals surface area contributed by atoms with Crippen molar-refractivity contribution in [1.29, 1.82) is 0 Å². The molecule has 0 aromatic heterocycles. The molecule has 0 saturated carbocycles. The molecule has 0 bridgehead atoms. The second kappa shape index (κ2) is 6.21. The predicted octanol–water partition coefficient (Wildman–Crippen LogP) is 3.23. The molecule has 0 radical (unpaired) electrons. The molecule has 1 heteroatoms. The van der Waals surface area contributed by atoms with Crippen LogP contribution in [-0.2, 0) is 6.42 Å². The van der Waals surface area contributed by atoms with Gasteiger partial charge in [0.25, 0.3) is 0 Å². The van der Waals surface area contributed by atoms with Crippen LogP contribution >= 0.6 is 0 Å². The molecule has 2 aromatic carbocycles. The quantitative estimate of drug-likeness (QED) is 0.823. The second-order valence-corrected chi connectivity index (χ2v) is 4.36.